The zero-order valence-corrected chi connectivity index (χ0v) is 38.2. The first-order valence-electron chi connectivity index (χ1n) is 24.5. The fraction of sp³-hybridized carbons (Fsp3) is 0.784. The molecule has 9 nitrogen and oxygen atoms in total. The maximum atomic E-state index is 13.0. The minimum absolute atomic E-state index is 0.206. The number of carbonyl (C=O) groups is 1. The van der Waals surface area contributed by atoms with Crippen molar-refractivity contribution in [2.24, 2.45) is 0 Å². The zero-order chi connectivity index (χ0) is 43.7. The lowest BCUT2D eigenvalue weighted by Gasteiger charge is -2.40. The Balaban J connectivity index is 2.38. The molecule has 1 saturated heterocycles. The molecule has 0 aromatic carbocycles. The number of rotatable bonds is 40. The van der Waals surface area contributed by atoms with Gasteiger partial charge in [-0.05, 0) is 77.0 Å². The molecule has 0 bridgehead atoms. The lowest BCUT2D eigenvalue weighted by molar-refractivity contribution is -0.302. The van der Waals surface area contributed by atoms with E-state index in [2.05, 4.69) is 67.8 Å². The largest absolute Gasteiger partial charge is 0.394 e. The summed E-state index contributed by atoms with van der Waals surface area (Å²) >= 11 is 0. The number of amides is 1. The van der Waals surface area contributed by atoms with Crippen LogP contribution in [0.5, 0.6) is 0 Å². The Bertz CT molecular complexity index is 1120. The van der Waals surface area contributed by atoms with Gasteiger partial charge in [0.05, 0.1) is 25.4 Å². The monoisotopic (exact) mass is 846 g/mol. The van der Waals surface area contributed by atoms with Gasteiger partial charge in [0.15, 0.2) is 6.29 Å². The van der Waals surface area contributed by atoms with Crippen LogP contribution in [-0.4, -0.2) is 87.5 Å². The van der Waals surface area contributed by atoms with Crippen molar-refractivity contribution in [2.75, 3.05) is 13.2 Å². The molecule has 6 N–H and O–H groups in total. The van der Waals surface area contributed by atoms with Gasteiger partial charge < -0.3 is 40.3 Å². The van der Waals surface area contributed by atoms with Crippen LogP contribution in [0.1, 0.15) is 200 Å². The van der Waals surface area contributed by atoms with Crippen molar-refractivity contribution in [2.45, 2.75) is 243 Å². The number of unbranched alkanes of at least 4 members (excludes halogenated alkanes) is 22. The highest BCUT2D eigenvalue weighted by molar-refractivity contribution is 5.76. The second kappa shape index (κ2) is 40.9. The highest BCUT2D eigenvalue weighted by Gasteiger charge is 2.44. The van der Waals surface area contributed by atoms with E-state index in [1.165, 1.54) is 109 Å². The maximum absolute atomic E-state index is 13.0. The summed E-state index contributed by atoms with van der Waals surface area (Å²) in [7, 11) is 0. The molecule has 348 valence electrons. The molecule has 0 radical (unpaired) electrons. The van der Waals surface area contributed by atoms with Crippen LogP contribution in [0.4, 0.5) is 0 Å². The number of aliphatic hydroxyl groups excluding tert-OH is 5. The van der Waals surface area contributed by atoms with Crippen molar-refractivity contribution >= 4 is 5.91 Å². The van der Waals surface area contributed by atoms with Crippen LogP contribution in [0.2, 0.25) is 0 Å². The van der Waals surface area contributed by atoms with Crippen molar-refractivity contribution < 1.29 is 39.8 Å². The topological polar surface area (TPSA) is 149 Å². The van der Waals surface area contributed by atoms with E-state index < -0.39 is 49.5 Å². The summed E-state index contributed by atoms with van der Waals surface area (Å²) in [5.41, 5.74) is 0. The van der Waals surface area contributed by atoms with Crippen LogP contribution in [-0.2, 0) is 14.3 Å². The predicted octanol–water partition coefficient (Wildman–Crippen LogP) is 10.8. The van der Waals surface area contributed by atoms with Crippen molar-refractivity contribution in [3.05, 3.63) is 60.8 Å². The van der Waals surface area contributed by atoms with Gasteiger partial charge >= 0.3 is 0 Å². The van der Waals surface area contributed by atoms with Crippen LogP contribution in [0, 0.1) is 0 Å². The van der Waals surface area contributed by atoms with Crippen LogP contribution >= 0.6 is 0 Å². The third-order valence-corrected chi connectivity index (χ3v) is 11.3. The predicted molar refractivity (Wildman–Crippen MR) is 249 cm³/mol. The fourth-order valence-corrected chi connectivity index (χ4v) is 7.33. The van der Waals surface area contributed by atoms with Crippen LogP contribution < -0.4 is 5.32 Å². The van der Waals surface area contributed by atoms with Gasteiger partial charge in [-0.15, -0.1) is 0 Å². The van der Waals surface area contributed by atoms with Crippen molar-refractivity contribution in [1.82, 2.24) is 5.32 Å². The average molecular weight is 846 g/mol. The third-order valence-electron chi connectivity index (χ3n) is 11.3. The van der Waals surface area contributed by atoms with Crippen LogP contribution in [0.15, 0.2) is 60.8 Å². The summed E-state index contributed by atoms with van der Waals surface area (Å²) in [6, 6.07) is -0.837. The summed E-state index contributed by atoms with van der Waals surface area (Å²) in [4.78, 5) is 13.0. The summed E-state index contributed by atoms with van der Waals surface area (Å²) in [5, 5.41) is 54.2. The van der Waals surface area contributed by atoms with Gasteiger partial charge in [0.2, 0.25) is 5.91 Å². The third kappa shape index (κ3) is 30.8. The highest BCUT2D eigenvalue weighted by atomic mass is 16.7. The molecule has 1 fully saturated rings. The normalized spacial score (nSPS) is 21.1. The van der Waals surface area contributed by atoms with Gasteiger partial charge in [-0.3, -0.25) is 4.79 Å². The number of carbonyl (C=O) groups excluding carboxylic acids is 1. The maximum Gasteiger partial charge on any atom is 0.220 e. The second-order valence-corrected chi connectivity index (χ2v) is 16.9. The standard InChI is InChI=1S/C51H91NO8/c1-3-5-7-9-11-13-15-17-19-21-22-23-24-25-26-28-30-32-34-36-38-40-45(54)44(43-59-51-50(58)49(57)48(56)46(42-53)60-51)52-47(55)41-39-37-35-33-31-29-27-20-18-16-14-12-10-8-6-4-2/h14,16,20,24-25,27,30,32,38,40,44-46,48-51,53-54,56-58H,3-13,15,17-19,21-23,26,28-29,31,33-37,39,41-43H2,1-2H3,(H,52,55)/b16-14-,25-24+,27-20-,32-30+,40-38+. The van der Waals surface area contributed by atoms with E-state index >= 15 is 0 Å². The molecule has 0 aliphatic carbocycles. The Morgan fingerprint density at radius 2 is 1.00 bits per heavy atom. The van der Waals surface area contributed by atoms with Crippen LogP contribution in [0.3, 0.4) is 0 Å². The van der Waals surface area contributed by atoms with E-state index in [0.29, 0.717) is 6.42 Å². The van der Waals surface area contributed by atoms with Gasteiger partial charge in [0, 0.05) is 6.42 Å². The molecule has 0 aromatic rings. The average Bonchev–Trinajstić information content (AvgIpc) is 3.25. The molecule has 0 spiro atoms. The Kier molecular flexibility index (Phi) is 38.1. The van der Waals surface area contributed by atoms with E-state index in [0.717, 1.165) is 70.6 Å². The van der Waals surface area contributed by atoms with Crippen molar-refractivity contribution in [1.29, 1.82) is 0 Å². The number of hydrogen-bond donors (Lipinski definition) is 6. The van der Waals surface area contributed by atoms with Gasteiger partial charge in [-0.25, -0.2) is 0 Å². The minimum Gasteiger partial charge on any atom is -0.394 e. The van der Waals surface area contributed by atoms with E-state index in [1.54, 1.807) is 6.08 Å². The Morgan fingerprint density at radius 3 is 1.52 bits per heavy atom. The van der Waals surface area contributed by atoms with Gasteiger partial charge in [-0.2, -0.15) is 0 Å². The first-order chi connectivity index (χ1) is 29.3. The van der Waals surface area contributed by atoms with Crippen molar-refractivity contribution in [3.63, 3.8) is 0 Å². The molecular formula is C51H91NO8. The first-order valence-corrected chi connectivity index (χ1v) is 24.5. The number of allylic oxidation sites excluding steroid dienone is 9. The molecule has 0 aromatic heterocycles. The van der Waals surface area contributed by atoms with E-state index in [9.17, 15) is 30.3 Å². The molecule has 7 unspecified atom stereocenters. The second-order valence-electron chi connectivity index (χ2n) is 16.9. The van der Waals surface area contributed by atoms with Crippen LogP contribution in [0.25, 0.3) is 0 Å². The number of aliphatic hydroxyl groups is 5. The summed E-state index contributed by atoms with van der Waals surface area (Å²) < 4.78 is 11.2. The van der Waals surface area contributed by atoms with E-state index in [4.69, 9.17) is 9.47 Å². The molecule has 1 amide bonds. The Morgan fingerprint density at radius 1 is 0.567 bits per heavy atom. The minimum atomic E-state index is -1.58. The SMILES string of the molecule is CCCCCC/C=C\C/C=C\CCCCCCCC(=O)NC(COC1OC(CO)C(O)C(O)C1O)C(O)/C=C/CC/C=C/CC/C=C/CCCCCCCCCCCCC. The molecule has 1 aliphatic rings. The zero-order valence-electron chi connectivity index (χ0n) is 38.2. The summed E-state index contributed by atoms with van der Waals surface area (Å²) in [6.07, 6.45) is 46.9. The summed E-state index contributed by atoms with van der Waals surface area (Å²) in [5.74, 6) is -0.206. The Hall–Kier alpha value is -2.11. The lowest BCUT2D eigenvalue weighted by Crippen LogP contribution is -2.60. The molecule has 0 saturated carbocycles. The molecule has 1 aliphatic heterocycles. The molecular weight excluding hydrogens is 755 g/mol. The number of nitrogens with one attached hydrogen (secondary N) is 1. The molecule has 1 rings (SSSR count). The number of hydrogen-bond acceptors (Lipinski definition) is 8. The molecule has 60 heavy (non-hydrogen) atoms. The summed E-state index contributed by atoms with van der Waals surface area (Å²) in [6.45, 7) is 3.72. The van der Waals surface area contributed by atoms with E-state index in [-0.39, 0.29) is 12.5 Å². The fourth-order valence-electron chi connectivity index (χ4n) is 7.33. The van der Waals surface area contributed by atoms with E-state index in [1.807, 2.05) is 6.08 Å². The first kappa shape index (κ1) is 55.9. The smallest absolute Gasteiger partial charge is 0.220 e. The van der Waals surface area contributed by atoms with Gasteiger partial charge in [-0.1, -0.05) is 177 Å². The quantitative estimate of drug-likeness (QED) is 0.0264. The number of ether oxygens (including phenoxy) is 2. The van der Waals surface area contributed by atoms with Gasteiger partial charge in [0.1, 0.15) is 24.4 Å². The molecule has 1 heterocycles. The molecule has 9 heteroatoms. The Labute approximate surface area is 366 Å². The van der Waals surface area contributed by atoms with Crippen molar-refractivity contribution in [3.8, 4) is 0 Å². The highest BCUT2D eigenvalue weighted by Crippen LogP contribution is 2.22. The molecule has 7 atom stereocenters. The lowest BCUT2D eigenvalue weighted by atomic mass is 9.99. The van der Waals surface area contributed by atoms with Gasteiger partial charge in [0.25, 0.3) is 0 Å².